The zero-order chi connectivity index (χ0) is 19.5. The molecule has 0 saturated heterocycles. The maximum absolute atomic E-state index is 12.6. The second kappa shape index (κ2) is 10.7. The summed E-state index contributed by atoms with van der Waals surface area (Å²) in [5.74, 6) is -0.883. The molecule has 0 aliphatic heterocycles. The van der Waals surface area contributed by atoms with Crippen LogP contribution in [0.5, 0.6) is 0 Å². The standard InChI is InChI=1S/C20H24N4O3/c1-16(25)22-13-19(26)23-14-20(27)24(15-18-8-5-10-21-12-18)11-9-17-6-3-2-4-7-17/h2-8,10,12H,9,11,13-15H2,1H3,(H,22,25)(H,23,26). The Kier molecular flexibility index (Phi) is 7.96. The monoisotopic (exact) mass is 368 g/mol. The predicted octanol–water partition coefficient (Wildman–Crippen LogP) is 0.905. The van der Waals surface area contributed by atoms with Crippen molar-refractivity contribution in [2.24, 2.45) is 0 Å². The van der Waals surface area contributed by atoms with Gasteiger partial charge in [-0.3, -0.25) is 19.4 Å². The van der Waals surface area contributed by atoms with E-state index in [0.29, 0.717) is 19.5 Å². The van der Waals surface area contributed by atoms with Crippen molar-refractivity contribution in [1.82, 2.24) is 20.5 Å². The fourth-order valence-electron chi connectivity index (χ4n) is 2.47. The molecule has 1 aromatic carbocycles. The van der Waals surface area contributed by atoms with E-state index < -0.39 is 5.91 Å². The second-order valence-corrected chi connectivity index (χ2v) is 6.10. The minimum Gasteiger partial charge on any atom is -0.347 e. The van der Waals surface area contributed by atoms with E-state index in [-0.39, 0.29) is 24.9 Å². The summed E-state index contributed by atoms with van der Waals surface area (Å²) in [5, 5.41) is 4.94. The lowest BCUT2D eigenvalue weighted by Crippen LogP contribution is -2.43. The van der Waals surface area contributed by atoms with Crippen LogP contribution in [0.15, 0.2) is 54.9 Å². The Hall–Kier alpha value is -3.22. The number of nitrogens with zero attached hydrogens (tertiary/aromatic N) is 2. The lowest BCUT2D eigenvalue weighted by molar-refractivity contribution is -0.133. The molecular weight excluding hydrogens is 344 g/mol. The van der Waals surface area contributed by atoms with Crippen molar-refractivity contribution in [2.75, 3.05) is 19.6 Å². The molecule has 142 valence electrons. The molecule has 0 spiro atoms. The number of hydrogen-bond acceptors (Lipinski definition) is 4. The van der Waals surface area contributed by atoms with Gasteiger partial charge in [0.1, 0.15) is 0 Å². The van der Waals surface area contributed by atoms with Crippen LogP contribution in [0.1, 0.15) is 18.1 Å². The molecule has 0 aliphatic rings. The molecule has 0 atom stereocenters. The van der Waals surface area contributed by atoms with Gasteiger partial charge in [0.25, 0.3) is 0 Å². The summed E-state index contributed by atoms with van der Waals surface area (Å²) in [6.07, 6.45) is 4.12. The smallest absolute Gasteiger partial charge is 0.242 e. The first-order valence-corrected chi connectivity index (χ1v) is 8.76. The van der Waals surface area contributed by atoms with Crippen LogP contribution in [-0.2, 0) is 27.3 Å². The van der Waals surface area contributed by atoms with Crippen molar-refractivity contribution in [3.8, 4) is 0 Å². The highest BCUT2D eigenvalue weighted by Gasteiger charge is 2.15. The maximum Gasteiger partial charge on any atom is 0.242 e. The predicted molar refractivity (Wildman–Crippen MR) is 101 cm³/mol. The molecule has 2 aromatic rings. The SMILES string of the molecule is CC(=O)NCC(=O)NCC(=O)N(CCc1ccccc1)Cc1cccnc1. The third-order valence-electron chi connectivity index (χ3n) is 3.90. The van der Waals surface area contributed by atoms with Crippen LogP contribution in [0, 0.1) is 0 Å². The molecule has 0 bridgehead atoms. The van der Waals surface area contributed by atoms with Gasteiger partial charge in [0.2, 0.25) is 17.7 Å². The molecule has 0 unspecified atom stereocenters. The van der Waals surface area contributed by atoms with Gasteiger partial charge >= 0.3 is 0 Å². The summed E-state index contributed by atoms with van der Waals surface area (Å²) in [6.45, 7) is 2.01. The Morgan fingerprint density at radius 1 is 0.963 bits per heavy atom. The van der Waals surface area contributed by atoms with Crippen LogP contribution in [0.2, 0.25) is 0 Å². The Balaban J connectivity index is 1.94. The highest BCUT2D eigenvalue weighted by molar-refractivity contribution is 5.87. The molecule has 1 heterocycles. The molecule has 27 heavy (non-hydrogen) atoms. The van der Waals surface area contributed by atoms with Crippen LogP contribution in [0.25, 0.3) is 0 Å². The van der Waals surface area contributed by atoms with Crippen molar-refractivity contribution in [1.29, 1.82) is 0 Å². The molecule has 0 fully saturated rings. The van der Waals surface area contributed by atoms with Gasteiger partial charge in [-0.2, -0.15) is 0 Å². The molecule has 1 aromatic heterocycles. The zero-order valence-corrected chi connectivity index (χ0v) is 15.4. The Bertz CT molecular complexity index is 750. The number of hydrogen-bond donors (Lipinski definition) is 2. The summed E-state index contributed by atoms with van der Waals surface area (Å²) in [4.78, 5) is 40.9. The van der Waals surface area contributed by atoms with Crippen molar-refractivity contribution in [3.05, 3.63) is 66.0 Å². The average molecular weight is 368 g/mol. The van der Waals surface area contributed by atoms with Crippen molar-refractivity contribution in [2.45, 2.75) is 19.9 Å². The average Bonchev–Trinajstić information content (AvgIpc) is 2.69. The summed E-state index contributed by atoms with van der Waals surface area (Å²) in [7, 11) is 0. The number of aromatic nitrogens is 1. The van der Waals surface area contributed by atoms with Crippen LogP contribution in [0.3, 0.4) is 0 Å². The normalized spacial score (nSPS) is 10.1. The van der Waals surface area contributed by atoms with Gasteiger partial charge in [-0.25, -0.2) is 0 Å². The van der Waals surface area contributed by atoms with Gasteiger partial charge in [0.05, 0.1) is 13.1 Å². The first kappa shape index (κ1) is 20.1. The first-order chi connectivity index (χ1) is 13.0. The van der Waals surface area contributed by atoms with Crippen molar-refractivity contribution < 1.29 is 14.4 Å². The third kappa shape index (κ3) is 7.68. The fourth-order valence-corrected chi connectivity index (χ4v) is 2.47. The minimum atomic E-state index is -0.400. The Labute approximate surface area is 158 Å². The van der Waals surface area contributed by atoms with Gasteiger partial charge < -0.3 is 15.5 Å². The Morgan fingerprint density at radius 3 is 2.37 bits per heavy atom. The summed E-state index contributed by atoms with van der Waals surface area (Å²) in [6, 6.07) is 13.6. The van der Waals surface area contributed by atoms with E-state index in [1.54, 1.807) is 17.3 Å². The van der Waals surface area contributed by atoms with Crippen molar-refractivity contribution >= 4 is 17.7 Å². The number of carbonyl (C=O) groups excluding carboxylic acids is 3. The largest absolute Gasteiger partial charge is 0.347 e. The quantitative estimate of drug-likeness (QED) is 0.688. The van der Waals surface area contributed by atoms with Crippen LogP contribution in [0.4, 0.5) is 0 Å². The van der Waals surface area contributed by atoms with Gasteiger partial charge in [-0.15, -0.1) is 0 Å². The van der Waals surface area contributed by atoms with E-state index in [0.717, 1.165) is 11.1 Å². The summed E-state index contributed by atoms with van der Waals surface area (Å²) < 4.78 is 0. The molecule has 0 aliphatic carbocycles. The molecule has 2 rings (SSSR count). The van der Waals surface area contributed by atoms with E-state index in [1.165, 1.54) is 6.92 Å². The van der Waals surface area contributed by atoms with Gasteiger partial charge in [-0.1, -0.05) is 36.4 Å². The highest BCUT2D eigenvalue weighted by Crippen LogP contribution is 2.07. The molecule has 0 saturated carbocycles. The molecule has 0 radical (unpaired) electrons. The Morgan fingerprint density at radius 2 is 1.70 bits per heavy atom. The van der Waals surface area contributed by atoms with Crippen molar-refractivity contribution in [3.63, 3.8) is 0 Å². The fraction of sp³-hybridized carbons (Fsp3) is 0.300. The van der Waals surface area contributed by atoms with Crippen LogP contribution >= 0.6 is 0 Å². The topological polar surface area (TPSA) is 91.4 Å². The second-order valence-electron chi connectivity index (χ2n) is 6.10. The van der Waals surface area contributed by atoms with Crippen LogP contribution < -0.4 is 10.6 Å². The maximum atomic E-state index is 12.6. The summed E-state index contributed by atoms with van der Waals surface area (Å²) >= 11 is 0. The lowest BCUT2D eigenvalue weighted by Gasteiger charge is -2.23. The number of carbonyl (C=O) groups is 3. The first-order valence-electron chi connectivity index (χ1n) is 8.76. The van der Waals surface area contributed by atoms with E-state index in [9.17, 15) is 14.4 Å². The van der Waals surface area contributed by atoms with E-state index in [1.807, 2.05) is 42.5 Å². The third-order valence-corrected chi connectivity index (χ3v) is 3.90. The van der Waals surface area contributed by atoms with E-state index in [4.69, 9.17) is 0 Å². The number of rotatable bonds is 9. The minimum absolute atomic E-state index is 0.118. The van der Waals surface area contributed by atoms with Gasteiger partial charge in [-0.05, 0) is 23.6 Å². The molecule has 2 N–H and O–H groups in total. The van der Waals surface area contributed by atoms with E-state index in [2.05, 4.69) is 15.6 Å². The molecule has 7 nitrogen and oxygen atoms in total. The highest BCUT2D eigenvalue weighted by atomic mass is 16.2. The van der Waals surface area contributed by atoms with Crippen LogP contribution in [-0.4, -0.2) is 47.2 Å². The molecular formula is C20H24N4O3. The number of amides is 3. The van der Waals surface area contributed by atoms with Gasteiger partial charge in [0, 0.05) is 32.4 Å². The number of benzene rings is 1. The molecule has 7 heteroatoms. The van der Waals surface area contributed by atoms with Gasteiger partial charge in [0.15, 0.2) is 0 Å². The summed E-state index contributed by atoms with van der Waals surface area (Å²) in [5.41, 5.74) is 2.06. The lowest BCUT2D eigenvalue weighted by atomic mass is 10.1. The molecule has 3 amide bonds. The number of nitrogens with one attached hydrogen (secondary N) is 2. The number of pyridine rings is 1. The van der Waals surface area contributed by atoms with E-state index >= 15 is 0 Å². The zero-order valence-electron chi connectivity index (χ0n) is 15.4.